The summed E-state index contributed by atoms with van der Waals surface area (Å²) in [5.74, 6) is 0.248. The maximum Gasteiger partial charge on any atom is 0.305 e. The molecular weight excluding hydrogens is 192 g/mol. The Kier molecular flexibility index (Phi) is 3.56. The van der Waals surface area contributed by atoms with Gasteiger partial charge < -0.3 is 15.7 Å². The van der Waals surface area contributed by atoms with E-state index in [2.05, 4.69) is 0 Å². The first-order valence-electron chi connectivity index (χ1n) is 3.95. The number of carboxylic acid groups (broad SMARTS) is 1. The average Bonchev–Trinajstić information content (AvgIpc) is 2.53. The zero-order valence-electron chi connectivity index (χ0n) is 7.10. The van der Waals surface area contributed by atoms with Crippen LogP contribution in [0, 0.1) is 0 Å². The summed E-state index contributed by atoms with van der Waals surface area (Å²) in [7, 11) is 0. The van der Waals surface area contributed by atoms with Crippen LogP contribution in [0.3, 0.4) is 0 Å². The molecule has 3 N–H and O–H groups in total. The van der Waals surface area contributed by atoms with E-state index >= 15 is 0 Å². The molecule has 0 bridgehead atoms. The molecule has 1 fully saturated rings. The van der Waals surface area contributed by atoms with Crippen LogP contribution in [0.2, 0.25) is 0 Å². The summed E-state index contributed by atoms with van der Waals surface area (Å²) < 4.78 is 0. The SMILES string of the molecule is NC(CC(=O)O)C(=O)N1CCSC1. The highest BCUT2D eigenvalue weighted by molar-refractivity contribution is 7.99. The number of carboxylic acids is 1. The molecule has 1 heterocycles. The number of thioether (sulfide) groups is 1. The summed E-state index contributed by atoms with van der Waals surface area (Å²) in [6.45, 7) is 0.677. The number of nitrogens with two attached hydrogens (primary N) is 1. The van der Waals surface area contributed by atoms with Crippen molar-refractivity contribution in [3.63, 3.8) is 0 Å². The van der Waals surface area contributed by atoms with Gasteiger partial charge in [-0.15, -0.1) is 11.8 Å². The van der Waals surface area contributed by atoms with Gasteiger partial charge in [0.25, 0.3) is 0 Å². The van der Waals surface area contributed by atoms with Gasteiger partial charge in [0, 0.05) is 12.3 Å². The number of nitrogens with zero attached hydrogens (tertiary/aromatic N) is 1. The van der Waals surface area contributed by atoms with E-state index in [0.29, 0.717) is 12.4 Å². The summed E-state index contributed by atoms with van der Waals surface area (Å²) >= 11 is 1.65. The molecule has 1 aliphatic rings. The zero-order chi connectivity index (χ0) is 9.84. The van der Waals surface area contributed by atoms with Gasteiger partial charge in [0.15, 0.2) is 0 Å². The summed E-state index contributed by atoms with van der Waals surface area (Å²) in [5, 5.41) is 8.42. The van der Waals surface area contributed by atoms with Crippen molar-refractivity contribution < 1.29 is 14.7 Å². The van der Waals surface area contributed by atoms with Crippen molar-refractivity contribution in [1.82, 2.24) is 4.90 Å². The van der Waals surface area contributed by atoms with Crippen LogP contribution < -0.4 is 5.73 Å². The molecule has 0 radical (unpaired) electrons. The minimum atomic E-state index is -1.03. The standard InChI is InChI=1S/C7H12N2O3S/c8-5(3-6(10)11)7(12)9-1-2-13-4-9/h5H,1-4,8H2,(H,10,11). The Morgan fingerprint density at radius 1 is 1.62 bits per heavy atom. The largest absolute Gasteiger partial charge is 0.481 e. The van der Waals surface area contributed by atoms with Crippen molar-refractivity contribution in [1.29, 1.82) is 0 Å². The highest BCUT2D eigenvalue weighted by Gasteiger charge is 2.25. The highest BCUT2D eigenvalue weighted by atomic mass is 32.2. The topological polar surface area (TPSA) is 83.6 Å². The van der Waals surface area contributed by atoms with E-state index in [1.54, 1.807) is 16.7 Å². The molecule has 1 atom stereocenters. The third kappa shape index (κ3) is 2.89. The van der Waals surface area contributed by atoms with Gasteiger partial charge in [0.05, 0.1) is 18.3 Å². The van der Waals surface area contributed by atoms with E-state index in [1.165, 1.54) is 0 Å². The van der Waals surface area contributed by atoms with Gasteiger partial charge in [-0.2, -0.15) is 0 Å². The number of rotatable bonds is 3. The maximum absolute atomic E-state index is 11.4. The number of amides is 1. The van der Waals surface area contributed by atoms with Crippen molar-refractivity contribution in [2.24, 2.45) is 5.73 Å². The average molecular weight is 204 g/mol. The zero-order valence-corrected chi connectivity index (χ0v) is 7.92. The van der Waals surface area contributed by atoms with Crippen molar-refractivity contribution >= 4 is 23.6 Å². The Labute approximate surface area is 80.3 Å². The molecule has 5 nitrogen and oxygen atoms in total. The van der Waals surface area contributed by atoms with Gasteiger partial charge in [0.2, 0.25) is 5.91 Å². The van der Waals surface area contributed by atoms with Crippen molar-refractivity contribution in [3.05, 3.63) is 0 Å². The van der Waals surface area contributed by atoms with Crippen LogP contribution in [0.4, 0.5) is 0 Å². The molecule has 0 aromatic rings. The molecule has 1 unspecified atom stereocenters. The number of carbonyl (C=O) groups excluding carboxylic acids is 1. The molecule has 1 amide bonds. The Hall–Kier alpha value is -0.750. The number of aliphatic carboxylic acids is 1. The van der Waals surface area contributed by atoms with Crippen LogP contribution >= 0.6 is 11.8 Å². The second-order valence-corrected chi connectivity index (χ2v) is 3.92. The second-order valence-electron chi connectivity index (χ2n) is 2.84. The minimum Gasteiger partial charge on any atom is -0.481 e. The highest BCUT2D eigenvalue weighted by Crippen LogP contribution is 2.14. The molecule has 0 saturated carbocycles. The smallest absolute Gasteiger partial charge is 0.305 e. The van der Waals surface area contributed by atoms with Crippen LogP contribution in [0.1, 0.15) is 6.42 Å². The Morgan fingerprint density at radius 3 is 2.77 bits per heavy atom. The molecule has 6 heteroatoms. The summed E-state index contributed by atoms with van der Waals surface area (Å²) in [4.78, 5) is 23.3. The van der Waals surface area contributed by atoms with Crippen molar-refractivity contribution in [2.75, 3.05) is 18.2 Å². The molecule has 0 spiro atoms. The lowest BCUT2D eigenvalue weighted by atomic mass is 10.2. The minimum absolute atomic E-state index is 0.257. The van der Waals surface area contributed by atoms with Gasteiger partial charge in [-0.05, 0) is 0 Å². The van der Waals surface area contributed by atoms with Gasteiger partial charge in [-0.3, -0.25) is 9.59 Å². The first-order chi connectivity index (χ1) is 6.11. The lowest BCUT2D eigenvalue weighted by Crippen LogP contribution is -2.43. The molecule has 13 heavy (non-hydrogen) atoms. The Balaban J connectivity index is 2.41. The summed E-state index contributed by atoms with van der Waals surface area (Å²) in [6.07, 6.45) is -0.292. The van der Waals surface area contributed by atoms with E-state index in [4.69, 9.17) is 10.8 Å². The fourth-order valence-electron chi connectivity index (χ4n) is 1.10. The quantitative estimate of drug-likeness (QED) is 0.636. The fourth-order valence-corrected chi connectivity index (χ4v) is 2.05. The van der Waals surface area contributed by atoms with Gasteiger partial charge >= 0.3 is 5.97 Å². The molecule has 0 aromatic carbocycles. The summed E-state index contributed by atoms with van der Waals surface area (Å²) in [6, 6.07) is -0.892. The van der Waals surface area contributed by atoms with Gasteiger partial charge in [-0.1, -0.05) is 0 Å². The van der Waals surface area contributed by atoms with Crippen LogP contribution in [-0.2, 0) is 9.59 Å². The van der Waals surface area contributed by atoms with Gasteiger partial charge in [-0.25, -0.2) is 0 Å². The van der Waals surface area contributed by atoms with E-state index < -0.39 is 12.0 Å². The number of hydrogen-bond donors (Lipinski definition) is 2. The first-order valence-corrected chi connectivity index (χ1v) is 5.10. The number of carbonyl (C=O) groups is 2. The van der Waals surface area contributed by atoms with Crippen LogP contribution in [-0.4, -0.2) is 46.1 Å². The van der Waals surface area contributed by atoms with E-state index in [9.17, 15) is 9.59 Å². The fraction of sp³-hybridized carbons (Fsp3) is 0.714. The Bertz CT molecular complexity index is 216. The molecule has 1 saturated heterocycles. The van der Waals surface area contributed by atoms with Gasteiger partial charge in [0.1, 0.15) is 0 Å². The molecule has 1 aliphatic heterocycles. The maximum atomic E-state index is 11.4. The number of hydrogen-bond acceptors (Lipinski definition) is 4. The van der Waals surface area contributed by atoms with E-state index in [-0.39, 0.29) is 12.3 Å². The predicted molar refractivity (Wildman–Crippen MR) is 49.3 cm³/mol. The second kappa shape index (κ2) is 4.48. The molecule has 0 aromatic heterocycles. The van der Waals surface area contributed by atoms with Crippen molar-refractivity contribution in [3.8, 4) is 0 Å². The molecule has 74 valence electrons. The van der Waals surface area contributed by atoms with Crippen LogP contribution in [0.15, 0.2) is 0 Å². The normalized spacial score (nSPS) is 18.7. The predicted octanol–water partition coefficient (Wildman–Crippen LogP) is -0.679. The molecule has 0 aliphatic carbocycles. The third-order valence-electron chi connectivity index (χ3n) is 1.78. The summed E-state index contributed by atoms with van der Waals surface area (Å²) in [5.41, 5.74) is 5.42. The first kappa shape index (κ1) is 10.3. The lowest BCUT2D eigenvalue weighted by molar-refractivity contribution is -0.141. The monoisotopic (exact) mass is 204 g/mol. The van der Waals surface area contributed by atoms with Crippen LogP contribution in [0.5, 0.6) is 0 Å². The Morgan fingerprint density at radius 2 is 2.31 bits per heavy atom. The lowest BCUT2D eigenvalue weighted by Gasteiger charge is -2.17. The third-order valence-corrected chi connectivity index (χ3v) is 2.74. The van der Waals surface area contributed by atoms with Crippen molar-refractivity contribution in [2.45, 2.75) is 12.5 Å². The molecule has 1 rings (SSSR count). The van der Waals surface area contributed by atoms with Crippen LogP contribution in [0.25, 0.3) is 0 Å². The van der Waals surface area contributed by atoms with E-state index in [0.717, 1.165) is 5.75 Å². The van der Waals surface area contributed by atoms with E-state index in [1.807, 2.05) is 0 Å². The molecular formula is C7H12N2O3S.